The predicted molar refractivity (Wildman–Crippen MR) is 71.4 cm³/mol. The zero-order valence-electron chi connectivity index (χ0n) is 11.2. The van der Waals surface area contributed by atoms with E-state index in [1.807, 2.05) is 0 Å². The molecule has 2 N–H and O–H groups in total. The van der Waals surface area contributed by atoms with Crippen LogP contribution in [0.25, 0.3) is 0 Å². The highest BCUT2D eigenvalue weighted by molar-refractivity contribution is 7.89. The van der Waals surface area contributed by atoms with Gasteiger partial charge in [0.1, 0.15) is 0 Å². The molecule has 0 amide bonds. The van der Waals surface area contributed by atoms with Crippen LogP contribution in [0.3, 0.4) is 0 Å². The molecule has 3 atom stereocenters. The minimum Gasteiger partial charge on any atom is -0.313 e. The lowest BCUT2D eigenvalue weighted by atomic mass is 9.78. The van der Waals surface area contributed by atoms with E-state index in [4.69, 9.17) is 0 Å². The van der Waals surface area contributed by atoms with E-state index in [0.717, 1.165) is 5.92 Å². The van der Waals surface area contributed by atoms with Crippen molar-refractivity contribution in [3.05, 3.63) is 0 Å². The molecule has 0 saturated heterocycles. The maximum Gasteiger partial charge on any atom is 0.212 e. The summed E-state index contributed by atoms with van der Waals surface area (Å²) < 4.78 is 25.4. The van der Waals surface area contributed by atoms with Crippen molar-refractivity contribution in [3.8, 4) is 0 Å². The maximum atomic E-state index is 11.5. The molecule has 102 valence electrons. The third kappa shape index (κ3) is 4.94. The Morgan fingerprint density at radius 1 is 1.24 bits per heavy atom. The molecule has 1 saturated carbocycles. The standard InChI is InChI=1S/C12H26N2O2S/c1-4-14-17(15,16)9-8-13-12-7-5-6-10(2)11(12)3/h10-14H,4-9H2,1-3H3. The van der Waals surface area contributed by atoms with E-state index in [9.17, 15) is 8.42 Å². The average Bonchev–Trinajstić information content (AvgIpc) is 2.24. The number of hydrogen-bond donors (Lipinski definition) is 2. The van der Waals surface area contributed by atoms with Gasteiger partial charge >= 0.3 is 0 Å². The van der Waals surface area contributed by atoms with E-state index in [0.29, 0.717) is 25.0 Å². The van der Waals surface area contributed by atoms with Crippen molar-refractivity contribution in [2.75, 3.05) is 18.8 Å². The minimum atomic E-state index is -3.08. The summed E-state index contributed by atoms with van der Waals surface area (Å²) in [6.07, 6.45) is 3.73. The van der Waals surface area contributed by atoms with Gasteiger partial charge < -0.3 is 5.32 Å². The highest BCUT2D eigenvalue weighted by atomic mass is 32.2. The third-order valence-corrected chi connectivity index (χ3v) is 5.32. The van der Waals surface area contributed by atoms with Gasteiger partial charge in [0.05, 0.1) is 5.75 Å². The molecular weight excluding hydrogens is 236 g/mol. The minimum absolute atomic E-state index is 0.179. The molecule has 1 fully saturated rings. The van der Waals surface area contributed by atoms with Crippen LogP contribution in [0.2, 0.25) is 0 Å². The zero-order valence-corrected chi connectivity index (χ0v) is 12.0. The van der Waals surface area contributed by atoms with Crippen molar-refractivity contribution in [2.24, 2.45) is 11.8 Å². The fourth-order valence-corrected chi connectivity index (χ4v) is 3.51. The quantitative estimate of drug-likeness (QED) is 0.759. The fraction of sp³-hybridized carbons (Fsp3) is 1.00. The van der Waals surface area contributed by atoms with Crippen molar-refractivity contribution < 1.29 is 8.42 Å². The average molecular weight is 262 g/mol. The summed E-state index contributed by atoms with van der Waals surface area (Å²) in [4.78, 5) is 0. The monoisotopic (exact) mass is 262 g/mol. The lowest BCUT2D eigenvalue weighted by Gasteiger charge is -2.34. The first-order valence-corrected chi connectivity index (χ1v) is 8.32. The lowest BCUT2D eigenvalue weighted by molar-refractivity contribution is 0.209. The van der Waals surface area contributed by atoms with Gasteiger partial charge in [-0.3, -0.25) is 0 Å². The van der Waals surface area contributed by atoms with Gasteiger partial charge in [-0.1, -0.05) is 33.6 Å². The number of rotatable bonds is 6. The Bertz CT molecular complexity index is 316. The molecule has 0 heterocycles. The lowest BCUT2D eigenvalue weighted by Crippen LogP contribution is -2.43. The highest BCUT2D eigenvalue weighted by Crippen LogP contribution is 2.29. The molecule has 17 heavy (non-hydrogen) atoms. The Morgan fingerprint density at radius 3 is 2.59 bits per heavy atom. The van der Waals surface area contributed by atoms with Crippen molar-refractivity contribution in [3.63, 3.8) is 0 Å². The van der Waals surface area contributed by atoms with Crippen LogP contribution in [0.15, 0.2) is 0 Å². The maximum absolute atomic E-state index is 11.5. The molecule has 4 nitrogen and oxygen atoms in total. The fourth-order valence-electron chi connectivity index (χ4n) is 2.54. The van der Waals surface area contributed by atoms with Crippen LogP contribution in [0.1, 0.15) is 40.0 Å². The Labute approximate surface area is 106 Å². The summed E-state index contributed by atoms with van der Waals surface area (Å²) in [7, 11) is -3.08. The van der Waals surface area contributed by atoms with Gasteiger partial charge in [0, 0.05) is 19.1 Å². The van der Waals surface area contributed by atoms with Crippen molar-refractivity contribution in [1.82, 2.24) is 10.0 Å². The van der Waals surface area contributed by atoms with E-state index in [1.165, 1.54) is 19.3 Å². The molecule has 0 aliphatic heterocycles. The van der Waals surface area contributed by atoms with Crippen molar-refractivity contribution in [2.45, 2.75) is 46.1 Å². The van der Waals surface area contributed by atoms with Crippen LogP contribution in [0.4, 0.5) is 0 Å². The zero-order chi connectivity index (χ0) is 12.9. The number of nitrogens with one attached hydrogen (secondary N) is 2. The molecule has 1 rings (SSSR count). The van der Waals surface area contributed by atoms with Gasteiger partial charge in [-0.25, -0.2) is 13.1 Å². The Hall–Kier alpha value is -0.130. The van der Waals surface area contributed by atoms with Gasteiger partial charge in [0.25, 0.3) is 0 Å². The van der Waals surface area contributed by atoms with Gasteiger partial charge in [-0.15, -0.1) is 0 Å². The molecule has 0 aromatic heterocycles. The molecule has 0 aromatic carbocycles. The molecule has 0 radical (unpaired) electrons. The van der Waals surface area contributed by atoms with E-state index in [2.05, 4.69) is 23.9 Å². The van der Waals surface area contributed by atoms with Gasteiger partial charge in [0.15, 0.2) is 0 Å². The molecule has 3 unspecified atom stereocenters. The first-order valence-electron chi connectivity index (χ1n) is 6.67. The van der Waals surface area contributed by atoms with E-state index in [-0.39, 0.29) is 5.75 Å². The Balaban J connectivity index is 2.31. The molecule has 0 bridgehead atoms. The summed E-state index contributed by atoms with van der Waals surface area (Å²) in [5.74, 6) is 1.57. The normalized spacial score (nSPS) is 30.4. The third-order valence-electron chi connectivity index (χ3n) is 3.85. The van der Waals surface area contributed by atoms with Crippen LogP contribution in [-0.4, -0.2) is 33.3 Å². The smallest absolute Gasteiger partial charge is 0.212 e. The Morgan fingerprint density at radius 2 is 1.94 bits per heavy atom. The molecule has 1 aliphatic rings. The van der Waals surface area contributed by atoms with Crippen molar-refractivity contribution in [1.29, 1.82) is 0 Å². The summed E-state index contributed by atoms with van der Waals surface area (Å²) in [5, 5.41) is 3.40. The van der Waals surface area contributed by atoms with Crippen LogP contribution < -0.4 is 10.0 Å². The first kappa shape index (κ1) is 14.9. The van der Waals surface area contributed by atoms with Crippen LogP contribution in [0, 0.1) is 11.8 Å². The Kier molecular flexibility index (Phi) is 5.89. The van der Waals surface area contributed by atoms with E-state index >= 15 is 0 Å². The van der Waals surface area contributed by atoms with E-state index < -0.39 is 10.0 Å². The van der Waals surface area contributed by atoms with E-state index in [1.54, 1.807) is 6.92 Å². The summed E-state index contributed by atoms with van der Waals surface area (Å²) in [5.41, 5.74) is 0. The predicted octanol–water partition coefficient (Wildman–Crippen LogP) is 1.34. The van der Waals surface area contributed by atoms with Crippen LogP contribution in [0.5, 0.6) is 0 Å². The van der Waals surface area contributed by atoms with Crippen molar-refractivity contribution >= 4 is 10.0 Å². The summed E-state index contributed by atoms with van der Waals surface area (Å²) in [6.45, 7) is 7.38. The van der Waals surface area contributed by atoms with Gasteiger partial charge in [-0.05, 0) is 18.3 Å². The summed E-state index contributed by atoms with van der Waals surface area (Å²) >= 11 is 0. The summed E-state index contributed by atoms with van der Waals surface area (Å²) in [6, 6.07) is 0.482. The second-order valence-corrected chi connectivity index (χ2v) is 7.07. The van der Waals surface area contributed by atoms with Crippen LogP contribution >= 0.6 is 0 Å². The van der Waals surface area contributed by atoms with Crippen LogP contribution in [-0.2, 0) is 10.0 Å². The highest BCUT2D eigenvalue weighted by Gasteiger charge is 2.26. The molecule has 0 spiro atoms. The van der Waals surface area contributed by atoms with Gasteiger partial charge in [-0.2, -0.15) is 0 Å². The molecule has 1 aliphatic carbocycles. The first-order chi connectivity index (χ1) is 7.96. The second-order valence-electron chi connectivity index (χ2n) is 5.14. The number of hydrogen-bond acceptors (Lipinski definition) is 3. The second kappa shape index (κ2) is 6.71. The molecule has 0 aromatic rings. The molecular formula is C12H26N2O2S. The topological polar surface area (TPSA) is 58.2 Å². The number of sulfonamides is 1. The SMILES string of the molecule is CCNS(=O)(=O)CCNC1CCCC(C)C1C. The largest absolute Gasteiger partial charge is 0.313 e. The molecule has 5 heteroatoms. The van der Waals surface area contributed by atoms with Gasteiger partial charge in [0.2, 0.25) is 10.0 Å².